The lowest BCUT2D eigenvalue weighted by molar-refractivity contribution is 0.226. The van der Waals surface area contributed by atoms with E-state index in [1.54, 1.807) is 0 Å². The third kappa shape index (κ3) is 2.18. The summed E-state index contributed by atoms with van der Waals surface area (Å²) in [6, 6.07) is 8.78. The van der Waals surface area contributed by atoms with Crippen LogP contribution >= 0.6 is 0 Å². The highest BCUT2D eigenvalue weighted by molar-refractivity contribution is 5.73. The van der Waals surface area contributed by atoms with Crippen LogP contribution in [0.3, 0.4) is 0 Å². The molecule has 0 saturated heterocycles. The Morgan fingerprint density at radius 1 is 1.25 bits per heavy atom. The van der Waals surface area contributed by atoms with E-state index in [1.807, 2.05) is 0 Å². The molecule has 1 aliphatic rings. The summed E-state index contributed by atoms with van der Waals surface area (Å²) in [6.45, 7) is 7.24. The van der Waals surface area contributed by atoms with Gasteiger partial charge in [0.2, 0.25) is 0 Å². The molecule has 1 aromatic rings. The highest BCUT2D eigenvalue weighted by Gasteiger charge is 2.20. The average molecular weight is 218 g/mol. The maximum Gasteiger partial charge on any atom is 0.282 e. The van der Waals surface area contributed by atoms with Crippen LogP contribution in [-0.4, -0.2) is 12.6 Å². The Morgan fingerprint density at radius 2 is 1.88 bits per heavy atom. The highest BCUT2D eigenvalue weighted by atomic mass is 16.5. The normalized spacial score (nSPS) is 20.4. The summed E-state index contributed by atoms with van der Waals surface area (Å²) in [5.74, 6) is 0. The van der Waals surface area contributed by atoms with E-state index in [0.717, 1.165) is 5.56 Å². The van der Waals surface area contributed by atoms with Gasteiger partial charge in [0.1, 0.15) is 6.10 Å². The van der Waals surface area contributed by atoms with Crippen LogP contribution in [0.1, 0.15) is 38.0 Å². The second-order valence-corrected chi connectivity index (χ2v) is 5.16. The van der Waals surface area contributed by atoms with Gasteiger partial charge in [-0.1, -0.05) is 45.0 Å². The Balaban J connectivity index is 2.15. The second kappa shape index (κ2) is 3.81. The van der Waals surface area contributed by atoms with Crippen LogP contribution in [0.4, 0.5) is 0 Å². The summed E-state index contributed by atoms with van der Waals surface area (Å²) in [6.07, 6.45) is -0.00554. The van der Waals surface area contributed by atoms with Crippen molar-refractivity contribution in [2.45, 2.75) is 32.3 Å². The molecule has 0 aliphatic carbocycles. The zero-order chi connectivity index (χ0) is 11.8. The van der Waals surface area contributed by atoms with Gasteiger partial charge in [-0.3, -0.25) is 0 Å². The van der Waals surface area contributed by atoms with Crippen LogP contribution < -0.4 is 5.73 Å². The van der Waals surface area contributed by atoms with Crippen molar-refractivity contribution in [2.75, 3.05) is 6.54 Å². The van der Waals surface area contributed by atoms with E-state index in [0.29, 0.717) is 12.6 Å². The van der Waals surface area contributed by atoms with Crippen LogP contribution in [0, 0.1) is 0 Å². The molecule has 0 amide bonds. The number of nitrogens with two attached hydrogens (primary N) is 1. The quantitative estimate of drug-likeness (QED) is 0.786. The standard InChI is InChI=1S/C13H18N2O/c1-13(2,3)10-6-4-9(5-7-10)11-8-15-12(14)16-11/h4-7,11H,8H2,1-3H3,(H2,14,15). The number of hydrogen-bond acceptors (Lipinski definition) is 3. The Morgan fingerprint density at radius 3 is 2.31 bits per heavy atom. The van der Waals surface area contributed by atoms with Crippen LogP contribution in [0.25, 0.3) is 0 Å². The fraction of sp³-hybridized carbons (Fsp3) is 0.462. The first-order chi connectivity index (χ1) is 7.47. The van der Waals surface area contributed by atoms with Crippen molar-refractivity contribution in [3.05, 3.63) is 35.4 Å². The third-order valence-electron chi connectivity index (χ3n) is 2.82. The van der Waals surface area contributed by atoms with Crippen molar-refractivity contribution in [2.24, 2.45) is 10.7 Å². The van der Waals surface area contributed by atoms with Crippen LogP contribution in [0.5, 0.6) is 0 Å². The fourth-order valence-corrected chi connectivity index (χ4v) is 1.76. The Kier molecular flexibility index (Phi) is 2.62. The van der Waals surface area contributed by atoms with Crippen molar-refractivity contribution < 1.29 is 4.74 Å². The van der Waals surface area contributed by atoms with E-state index in [2.05, 4.69) is 50.0 Å². The van der Waals surface area contributed by atoms with E-state index in [1.165, 1.54) is 5.56 Å². The predicted octanol–water partition coefficient (Wildman–Crippen LogP) is 2.37. The topological polar surface area (TPSA) is 47.6 Å². The molecule has 1 aromatic carbocycles. The summed E-state index contributed by atoms with van der Waals surface area (Å²) < 4.78 is 5.40. The molecule has 1 unspecified atom stereocenters. The Bertz CT molecular complexity index is 401. The lowest BCUT2D eigenvalue weighted by Crippen LogP contribution is -2.14. The number of aliphatic imine (C=N–C) groups is 1. The molecule has 1 heterocycles. The molecule has 0 saturated carbocycles. The van der Waals surface area contributed by atoms with E-state index in [4.69, 9.17) is 10.5 Å². The molecule has 1 aliphatic heterocycles. The zero-order valence-corrected chi connectivity index (χ0v) is 10.0. The van der Waals surface area contributed by atoms with Gasteiger partial charge in [-0.2, -0.15) is 0 Å². The average Bonchev–Trinajstić information content (AvgIpc) is 2.64. The Hall–Kier alpha value is -1.51. The van der Waals surface area contributed by atoms with Gasteiger partial charge in [0.05, 0.1) is 6.54 Å². The van der Waals surface area contributed by atoms with E-state index in [-0.39, 0.29) is 11.5 Å². The minimum atomic E-state index is -0.00554. The molecule has 0 spiro atoms. The van der Waals surface area contributed by atoms with Gasteiger partial charge in [-0.05, 0) is 16.5 Å². The van der Waals surface area contributed by atoms with E-state index in [9.17, 15) is 0 Å². The molecular weight excluding hydrogens is 200 g/mol. The molecule has 0 aromatic heterocycles. The van der Waals surface area contributed by atoms with Crippen molar-refractivity contribution >= 4 is 6.02 Å². The van der Waals surface area contributed by atoms with Crippen molar-refractivity contribution in [1.82, 2.24) is 0 Å². The molecule has 2 rings (SSSR count). The SMILES string of the molecule is CC(C)(C)c1ccc(C2CN=C(N)O2)cc1. The van der Waals surface area contributed by atoms with Crippen LogP contribution in [-0.2, 0) is 10.2 Å². The Labute approximate surface area is 96.3 Å². The minimum Gasteiger partial charge on any atom is -0.455 e. The van der Waals surface area contributed by atoms with Gasteiger partial charge in [-0.15, -0.1) is 0 Å². The molecule has 3 heteroatoms. The molecular formula is C13H18N2O. The molecule has 2 N–H and O–H groups in total. The maximum absolute atomic E-state index is 5.49. The summed E-state index contributed by atoms with van der Waals surface area (Å²) >= 11 is 0. The number of ether oxygens (including phenoxy) is 1. The smallest absolute Gasteiger partial charge is 0.282 e. The monoisotopic (exact) mass is 218 g/mol. The molecule has 16 heavy (non-hydrogen) atoms. The van der Waals surface area contributed by atoms with E-state index >= 15 is 0 Å². The summed E-state index contributed by atoms with van der Waals surface area (Å²) in [7, 11) is 0. The van der Waals surface area contributed by atoms with E-state index < -0.39 is 0 Å². The lowest BCUT2D eigenvalue weighted by atomic mass is 9.86. The number of rotatable bonds is 1. The predicted molar refractivity (Wildman–Crippen MR) is 65.5 cm³/mol. The number of benzene rings is 1. The molecule has 0 fully saturated rings. The molecule has 3 nitrogen and oxygen atoms in total. The second-order valence-electron chi connectivity index (χ2n) is 5.16. The number of nitrogens with zero attached hydrogens (tertiary/aromatic N) is 1. The largest absolute Gasteiger partial charge is 0.455 e. The van der Waals surface area contributed by atoms with Gasteiger partial charge in [0.15, 0.2) is 0 Å². The molecule has 1 atom stereocenters. The number of amidine groups is 1. The van der Waals surface area contributed by atoms with Gasteiger partial charge in [0, 0.05) is 0 Å². The van der Waals surface area contributed by atoms with Crippen molar-refractivity contribution in [3.63, 3.8) is 0 Å². The summed E-state index contributed by atoms with van der Waals surface area (Å²) in [4.78, 5) is 4.04. The fourth-order valence-electron chi connectivity index (χ4n) is 1.76. The van der Waals surface area contributed by atoms with Gasteiger partial charge in [0.25, 0.3) is 6.02 Å². The zero-order valence-electron chi connectivity index (χ0n) is 10.0. The minimum absolute atomic E-state index is 0.00554. The van der Waals surface area contributed by atoms with Gasteiger partial charge < -0.3 is 10.5 Å². The lowest BCUT2D eigenvalue weighted by Gasteiger charge is -2.20. The summed E-state index contributed by atoms with van der Waals surface area (Å²) in [5, 5.41) is 0. The maximum atomic E-state index is 5.49. The molecule has 0 bridgehead atoms. The first-order valence-corrected chi connectivity index (χ1v) is 5.54. The first kappa shape index (κ1) is 11.0. The first-order valence-electron chi connectivity index (χ1n) is 5.54. The van der Waals surface area contributed by atoms with Crippen LogP contribution in [0.15, 0.2) is 29.3 Å². The highest BCUT2D eigenvalue weighted by Crippen LogP contribution is 2.26. The summed E-state index contributed by atoms with van der Waals surface area (Å²) in [5.41, 5.74) is 8.13. The van der Waals surface area contributed by atoms with Crippen molar-refractivity contribution in [1.29, 1.82) is 0 Å². The van der Waals surface area contributed by atoms with Crippen LogP contribution in [0.2, 0.25) is 0 Å². The molecule has 0 radical (unpaired) electrons. The third-order valence-corrected chi connectivity index (χ3v) is 2.82. The molecule has 86 valence electrons. The van der Waals surface area contributed by atoms with Gasteiger partial charge in [-0.25, -0.2) is 4.99 Å². The number of hydrogen-bond donors (Lipinski definition) is 1. The van der Waals surface area contributed by atoms with Gasteiger partial charge >= 0.3 is 0 Å². The van der Waals surface area contributed by atoms with Crippen molar-refractivity contribution in [3.8, 4) is 0 Å².